The van der Waals surface area contributed by atoms with E-state index < -0.39 is 0 Å². The Morgan fingerprint density at radius 3 is 2.80 bits per heavy atom. The van der Waals surface area contributed by atoms with E-state index in [1.165, 1.54) is 0 Å². The molecule has 0 aromatic heterocycles. The molecule has 0 aliphatic carbocycles. The second-order valence-electron chi connectivity index (χ2n) is 1.66. The molecular formula is C6H13OS3. The summed E-state index contributed by atoms with van der Waals surface area (Å²) in [7, 11) is 0. The Kier molecular flexibility index (Phi) is 8.93. The maximum Gasteiger partial charge on any atom is 0.0847 e. The molecule has 0 aliphatic rings. The van der Waals surface area contributed by atoms with Gasteiger partial charge in [-0.25, -0.2) is 0 Å². The van der Waals surface area contributed by atoms with Crippen LogP contribution in [0, 0.1) is 0 Å². The molecule has 0 heterocycles. The summed E-state index contributed by atoms with van der Waals surface area (Å²) in [5.74, 6) is 0. The van der Waals surface area contributed by atoms with Crippen LogP contribution < -0.4 is 0 Å². The van der Waals surface area contributed by atoms with Gasteiger partial charge in [-0.15, -0.1) is 11.8 Å². The molecule has 0 fully saturated rings. The van der Waals surface area contributed by atoms with Gasteiger partial charge in [-0.1, -0.05) is 12.6 Å². The van der Waals surface area contributed by atoms with Gasteiger partial charge in [0.1, 0.15) is 0 Å². The van der Waals surface area contributed by atoms with Gasteiger partial charge >= 0.3 is 0 Å². The average molecular weight is 197 g/mol. The van der Waals surface area contributed by atoms with Crippen molar-refractivity contribution in [2.45, 2.75) is 11.5 Å². The monoisotopic (exact) mass is 197 g/mol. The van der Waals surface area contributed by atoms with Gasteiger partial charge < -0.3 is 4.74 Å². The smallest absolute Gasteiger partial charge is 0.0847 e. The molecule has 0 saturated carbocycles. The highest BCUT2D eigenvalue weighted by Crippen LogP contribution is 2.18. The van der Waals surface area contributed by atoms with Crippen molar-refractivity contribution >= 4 is 36.2 Å². The van der Waals surface area contributed by atoms with Crippen molar-refractivity contribution in [2.75, 3.05) is 24.6 Å². The van der Waals surface area contributed by atoms with Crippen molar-refractivity contribution in [2.24, 2.45) is 0 Å². The molecule has 0 spiro atoms. The van der Waals surface area contributed by atoms with Gasteiger partial charge in [-0.2, -0.15) is 11.8 Å². The van der Waals surface area contributed by atoms with Gasteiger partial charge in [0.15, 0.2) is 0 Å². The maximum absolute atomic E-state index is 5.16. The van der Waals surface area contributed by atoms with E-state index in [1.54, 1.807) is 23.5 Å². The Morgan fingerprint density at radius 2 is 2.30 bits per heavy atom. The fourth-order valence-corrected chi connectivity index (χ4v) is 2.35. The first kappa shape index (κ1) is 11.0. The van der Waals surface area contributed by atoms with Crippen LogP contribution >= 0.6 is 36.2 Å². The second-order valence-corrected chi connectivity index (χ2v) is 4.95. The quantitative estimate of drug-likeness (QED) is 0.606. The van der Waals surface area contributed by atoms with Crippen LogP contribution in [0.5, 0.6) is 0 Å². The third-order valence-corrected chi connectivity index (χ3v) is 3.37. The molecule has 0 aromatic rings. The van der Waals surface area contributed by atoms with Crippen LogP contribution in [0.4, 0.5) is 0 Å². The highest BCUT2D eigenvalue weighted by atomic mass is 32.2. The summed E-state index contributed by atoms with van der Waals surface area (Å²) in [6.45, 7) is 3.46. The molecule has 1 atom stereocenters. The van der Waals surface area contributed by atoms with Gasteiger partial charge in [0.25, 0.3) is 0 Å². The molecule has 1 radical (unpaired) electrons. The van der Waals surface area contributed by atoms with Crippen LogP contribution in [0.1, 0.15) is 6.92 Å². The molecule has 1 unspecified atom stereocenters. The summed E-state index contributed by atoms with van der Waals surface area (Å²) in [6.07, 6.45) is 2.08. The summed E-state index contributed by atoms with van der Waals surface area (Å²) in [5, 5.41) is 1.07. The van der Waals surface area contributed by atoms with E-state index in [2.05, 4.69) is 6.26 Å². The van der Waals surface area contributed by atoms with Gasteiger partial charge in [0, 0.05) is 11.7 Å². The van der Waals surface area contributed by atoms with Crippen LogP contribution in [-0.2, 0) is 4.74 Å². The van der Waals surface area contributed by atoms with Crippen molar-refractivity contribution < 1.29 is 4.74 Å². The predicted molar refractivity (Wildman–Crippen MR) is 53.8 cm³/mol. The van der Waals surface area contributed by atoms with Crippen molar-refractivity contribution in [3.05, 3.63) is 0 Å². The molecule has 0 bridgehead atoms. The minimum Gasteiger partial charge on any atom is -0.380 e. The van der Waals surface area contributed by atoms with Crippen molar-refractivity contribution in [3.8, 4) is 0 Å². The fourth-order valence-electron chi connectivity index (χ4n) is 0.406. The lowest BCUT2D eigenvalue weighted by atomic mass is 10.8. The fraction of sp³-hybridized carbons (Fsp3) is 1.00. The summed E-state index contributed by atoms with van der Waals surface area (Å²) in [4.78, 5) is 0. The Balaban J connectivity index is 3.00. The number of hydrogen-bond donors (Lipinski definition) is 0. The van der Waals surface area contributed by atoms with Gasteiger partial charge in [0.05, 0.1) is 11.2 Å². The van der Waals surface area contributed by atoms with Crippen molar-refractivity contribution in [1.82, 2.24) is 0 Å². The lowest BCUT2D eigenvalue weighted by Gasteiger charge is -2.07. The van der Waals surface area contributed by atoms with Gasteiger partial charge in [-0.3, -0.25) is 0 Å². The summed E-state index contributed by atoms with van der Waals surface area (Å²) in [6, 6.07) is 0. The Morgan fingerprint density at radius 1 is 1.60 bits per heavy atom. The van der Waals surface area contributed by atoms with Crippen LogP contribution in [0.3, 0.4) is 0 Å². The zero-order chi connectivity index (χ0) is 7.82. The highest BCUT2D eigenvalue weighted by molar-refractivity contribution is 8.20. The summed E-state index contributed by atoms with van der Waals surface area (Å²) in [5.41, 5.74) is 0. The molecule has 1 nitrogen and oxygen atoms in total. The van der Waals surface area contributed by atoms with Crippen LogP contribution in [0.2, 0.25) is 0 Å². The van der Waals surface area contributed by atoms with Gasteiger partial charge in [0.2, 0.25) is 0 Å². The van der Waals surface area contributed by atoms with Crippen molar-refractivity contribution in [3.63, 3.8) is 0 Å². The molecule has 0 aliphatic heterocycles. The van der Waals surface area contributed by atoms with Crippen LogP contribution in [-0.4, -0.2) is 29.1 Å². The summed E-state index contributed by atoms with van der Waals surface area (Å²) < 4.78 is 5.39. The maximum atomic E-state index is 5.16. The molecule has 0 saturated heterocycles. The zero-order valence-corrected chi connectivity index (χ0v) is 8.78. The van der Waals surface area contributed by atoms with E-state index in [1.807, 2.05) is 6.92 Å². The lowest BCUT2D eigenvalue weighted by molar-refractivity contribution is 0.160. The average Bonchev–Trinajstić information content (AvgIpc) is 1.97. The number of ether oxygens (including phenoxy) is 1. The number of rotatable bonds is 6. The molecule has 4 heteroatoms. The second kappa shape index (κ2) is 8.11. The Labute approximate surface area is 77.1 Å². The normalized spacial score (nSPS) is 13.5. The largest absolute Gasteiger partial charge is 0.380 e. The molecule has 0 aromatic carbocycles. The molecule has 0 amide bonds. The summed E-state index contributed by atoms with van der Waals surface area (Å²) >= 11 is 8.67. The third-order valence-electron chi connectivity index (χ3n) is 0.830. The van der Waals surface area contributed by atoms with Crippen molar-refractivity contribution in [1.29, 1.82) is 0 Å². The Hall–Kier alpha value is 1.01. The molecule has 0 rings (SSSR count). The minimum atomic E-state index is 0.229. The minimum absolute atomic E-state index is 0.229. The standard InChI is InChI=1S/C6H13OS3/c1-3-7-4-6(8)10-5-9-2/h6H,3-5H2,1-2H3. The number of hydrogen-bond acceptors (Lipinski definition) is 3. The van der Waals surface area contributed by atoms with E-state index in [0.29, 0.717) is 6.61 Å². The van der Waals surface area contributed by atoms with Gasteiger partial charge in [-0.05, 0) is 13.2 Å². The van der Waals surface area contributed by atoms with E-state index in [9.17, 15) is 0 Å². The topological polar surface area (TPSA) is 9.23 Å². The molecular weight excluding hydrogens is 184 g/mol. The molecule has 0 N–H and O–H groups in total. The SMILES string of the molecule is CCOCC([S])SCSC. The van der Waals surface area contributed by atoms with E-state index in [-0.39, 0.29) is 4.58 Å². The molecule has 10 heavy (non-hydrogen) atoms. The lowest BCUT2D eigenvalue weighted by Crippen LogP contribution is -2.04. The number of thioether (sulfide) groups is 2. The van der Waals surface area contributed by atoms with Crippen LogP contribution in [0.25, 0.3) is 0 Å². The first-order chi connectivity index (χ1) is 4.81. The first-order valence-corrected chi connectivity index (χ1v) is 6.06. The first-order valence-electron chi connectivity index (χ1n) is 3.15. The molecule has 61 valence electrons. The van der Waals surface area contributed by atoms with E-state index in [0.717, 1.165) is 11.7 Å². The van der Waals surface area contributed by atoms with Crippen LogP contribution in [0.15, 0.2) is 0 Å². The predicted octanol–water partition coefficient (Wildman–Crippen LogP) is 2.60. The third kappa shape index (κ3) is 7.12. The zero-order valence-electron chi connectivity index (χ0n) is 6.33. The van der Waals surface area contributed by atoms with E-state index >= 15 is 0 Å². The van der Waals surface area contributed by atoms with E-state index in [4.69, 9.17) is 17.4 Å². The highest BCUT2D eigenvalue weighted by Gasteiger charge is 2.01. The Bertz CT molecular complexity index is 62.0.